The number of hydrogen-bond acceptors (Lipinski definition) is 6. The van der Waals surface area contributed by atoms with Crippen LogP contribution in [-0.4, -0.2) is 43.1 Å². The van der Waals surface area contributed by atoms with Crippen LogP contribution in [0.3, 0.4) is 0 Å². The molecule has 3 rings (SSSR count). The Morgan fingerprint density at radius 1 is 1.19 bits per heavy atom. The average Bonchev–Trinajstić information content (AvgIpc) is 2.94. The van der Waals surface area contributed by atoms with Crippen LogP contribution in [0.25, 0.3) is 0 Å². The van der Waals surface area contributed by atoms with Crippen LogP contribution in [0.4, 0.5) is 5.69 Å². The third-order valence-corrected chi connectivity index (χ3v) is 4.39. The van der Waals surface area contributed by atoms with Gasteiger partial charge in [-0.3, -0.25) is 4.79 Å². The van der Waals surface area contributed by atoms with Gasteiger partial charge in [0.05, 0.1) is 24.4 Å². The van der Waals surface area contributed by atoms with E-state index in [0.29, 0.717) is 47.2 Å². The molecular weight excluding hydrogens is 336 g/mol. The number of aromatic nitrogens is 1. The van der Waals surface area contributed by atoms with Gasteiger partial charge in [-0.15, -0.1) is 0 Å². The van der Waals surface area contributed by atoms with Crippen molar-refractivity contribution in [1.82, 2.24) is 4.98 Å². The van der Waals surface area contributed by atoms with Gasteiger partial charge in [-0.1, -0.05) is 0 Å². The maximum Gasteiger partial charge on any atom is 0.339 e. The molecule has 0 saturated heterocycles. The Labute approximate surface area is 151 Å². The number of anilines is 1. The zero-order chi connectivity index (χ0) is 18.8. The van der Waals surface area contributed by atoms with Crippen molar-refractivity contribution in [2.24, 2.45) is 0 Å². The van der Waals surface area contributed by atoms with E-state index in [1.807, 2.05) is 18.2 Å². The molecular formula is C19H22N2O5. The Morgan fingerprint density at radius 2 is 1.88 bits per heavy atom. The number of hydrogen-bond donors (Lipinski definition) is 2. The summed E-state index contributed by atoms with van der Waals surface area (Å²) in [5.41, 5.74) is 2.77. The molecule has 1 aliphatic heterocycles. The van der Waals surface area contributed by atoms with Crippen molar-refractivity contribution in [3.05, 3.63) is 40.7 Å². The van der Waals surface area contributed by atoms with Gasteiger partial charge in [-0.25, -0.2) is 4.79 Å². The van der Waals surface area contributed by atoms with Crippen molar-refractivity contribution < 1.29 is 23.8 Å². The lowest BCUT2D eigenvalue weighted by atomic mass is 10.0. The molecule has 7 heteroatoms. The van der Waals surface area contributed by atoms with Crippen molar-refractivity contribution in [3.8, 4) is 11.5 Å². The number of H-pyrrole nitrogens is 1. The number of Topliss-reactive ketones (excluding diaryl/α,β-unsaturated/α-hetero) is 1. The number of methoxy groups -OCH3 is 1. The first-order valence-corrected chi connectivity index (χ1v) is 8.40. The van der Waals surface area contributed by atoms with Crippen LogP contribution < -0.4 is 14.8 Å². The zero-order valence-corrected chi connectivity index (χ0v) is 15.3. The second-order valence-electron chi connectivity index (χ2n) is 6.21. The third kappa shape index (κ3) is 3.24. The molecule has 2 N–H and O–H groups in total. The van der Waals surface area contributed by atoms with Gasteiger partial charge >= 0.3 is 5.97 Å². The summed E-state index contributed by atoms with van der Waals surface area (Å²) in [7, 11) is 1.32. The normalized spacial score (nSPS) is 13.8. The highest BCUT2D eigenvalue weighted by atomic mass is 16.6. The highest BCUT2D eigenvalue weighted by Crippen LogP contribution is 2.33. The molecule has 0 bridgehead atoms. The highest BCUT2D eigenvalue weighted by molar-refractivity contribution is 6.04. The summed E-state index contributed by atoms with van der Waals surface area (Å²) in [6.45, 7) is 6.28. The van der Waals surface area contributed by atoms with Gasteiger partial charge in [-0.2, -0.15) is 0 Å². The Hall–Kier alpha value is -2.96. The first-order valence-electron chi connectivity index (χ1n) is 8.40. The smallest absolute Gasteiger partial charge is 0.339 e. The lowest BCUT2D eigenvalue weighted by Crippen LogP contribution is -2.27. The van der Waals surface area contributed by atoms with Crippen molar-refractivity contribution >= 4 is 17.4 Å². The van der Waals surface area contributed by atoms with Crippen molar-refractivity contribution in [2.75, 3.05) is 25.6 Å². The molecule has 1 aromatic heterocycles. The lowest BCUT2D eigenvalue weighted by molar-refractivity contribution is 0.0599. The topological polar surface area (TPSA) is 89.7 Å². The van der Waals surface area contributed by atoms with Crippen LogP contribution in [-0.2, 0) is 4.74 Å². The number of nitrogens with one attached hydrogen (secondary N) is 2. The number of carbonyl (C=O) groups is 2. The van der Waals surface area contributed by atoms with Crippen LogP contribution in [0.2, 0.25) is 0 Å². The Bertz CT molecular complexity index is 856. The summed E-state index contributed by atoms with van der Waals surface area (Å²) in [5.74, 6) is 0.749. The maximum absolute atomic E-state index is 12.8. The predicted molar refractivity (Wildman–Crippen MR) is 96.5 cm³/mol. The van der Waals surface area contributed by atoms with Crippen molar-refractivity contribution in [1.29, 1.82) is 0 Å². The second-order valence-corrected chi connectivity index (χ2v) is 6.21. The fourth-order valence-corrected chi connectivity index (χ4v) is 3.07. The number of ketones is 1. The van der Waals surface area contributed by atoms with Gasteiger partial charge in [0.25, 0.3) is 0 Å². The fraction of sp³-hybridized carbons (Fsp3) is 0.368. The van der Waals surface area contributed by atoms with E-state index in [0.717, 1.165) is 5.69 Å². The number of fused-ring (bicyclic) bond motifs is 1. The van der Waals surface area contributed by atoms with Crippen LogP contribution in [0, 0.1) is 13.8 Å². The van der Waals surface area contributed by atoms with Crippen LogP contribution in [0.1, 0.15) is 39.0 Å². The third-order valence-electron chi connectivity index (χ3n) is 4.39. The number of aryl methyl sites for hydroxylation is 1. The standard InChI is InChI=1S/C19H22N2O5/c1-10-16(19(23)24-4)11(2)21-17(10)18(22)12(3)20-13-5-6-14-15(9-13)26-8-7-25-14/h5-6,9,12,20-21H,7-8H2,1-4H3. The highest BCUT2D eigenvalue weighted by Gasteiger charge is 2.25. The van der Waals surface area contributed by atoms with E-state index in [1.165, 1.54) is 7.11 Å². The molecule has 0 spiro atoms. The summed E-state index contributed by atoms with van der Waals surface area (Å²) in [5, 5.41) is 3.17. The first kappa shape index (κ1) is 17.8. The number of carbonyl (C=O) groups excluding carboxylic acids is 2. The number of rotatable bonds is 5. The van der Waals surface area contributed by atoms with Gasteiger partial charge in [-0.05, 0) is 38.5 Å². The zero-order valence-electron chi connectivity index (χ0n) is 15.3. The molecule has 0 fully saturated rings. The monoisotopic (exact) mass is 358 g/mol. The lowest BCUT2D eigenvalue weighted by Gasteiger charge is -2.20. The van der Waals surface area contributed by atoms with E-state index in [1.54, 1.807) is 20.8 Å². The number of benzene rings is 1. The largest absolute Gasteiger partial charge is 0.486 e. The van der Waals surface area contributed by atoms with E-state index in [4.69, 9.17) is 14.2 Å². The molecule has 0 radical (unpaired) electrons. The van der Waals surface area contributed by atoms with Crippen LogP contribution in [0.15, 0.2) is 18.2 Å². The predicted octanol–water partition coefficient (Wildman–Crippen LogP) is 2.87. The van der Waals surface area contributed by atoms with Crippen LogP contribution in [0.5, 0.6) is 11.5 Å². The Morgan fingerprint density at radius 3 is 2.58 bits per heavy atom. The molecule has 1 unspecified atom stereocenters. The van der Waals surface area contributed by atoms with Crippen molar-refractivity contribution in [3.63, 3.8) is 0 Å². The molecule has 0 aliphatic carbocycles. The molecule has 2 aromatic rings. The molecule has 1 aliphatic rings. The summed E-state index contributed by atoms with van der Waals surface area (Å²) < 4.78 is 15.8. The minimum atomic E-state index is -0.500. The number of ether oxygens (including phenoxy) is 3. The molecule has 2 heterocycles. The van der Waals surface area contributed by atoms with E-state index in [2.05, 4.69) is 10.3 Å². The fourth-order valence-electron chi connectivity index (χ4n) is 3.07. The Balaban J connectivity index is 1.79. The average molecular weight is 358 g/mol. The molecule has 138 valence electrons. The van der Waals surface area contributed by atoms with E-state index in [9.17, 15) is 9.59 Å². The molecule has 1 aromatic carbocycles. The van der Waals surface area contributed by atoms with Gasteiger partial charge in [0.15, 0.2) is 11.5 Å². The summed E-state index contributed by atoms with van der Waals surface area (Å²) in [6, 6.07) is 4.96. The number of esters is 1. The van der Waals surface area contributed by atoms with E-state index in [-0.39, 0.29) is 5.78 Å². The molecule has 1 atom stereocenters. The van der Waals surface area contributed by atoms with Crippen LogP contribution >= 0.6 is 0 Å². The quantitative estimate of drug-likeness (QED) is 0.631. The molecule has 0 saturated carbocycles. The summed E-state index contributed by atoms with van der Waals surface area (Å²) in [6.07, 6.45) is 0. The first-order chi connectivity index (χ1) is 12.4. The van der Waals surface area contributed by atoms with Crippen molar-refractivity contribution in [2.45, 2.75) is 26.8 Å². The minimum absolute atomic E-state index is 0.143. The maximum atomic E-state index is 12.8. The molecule has 0 amide bonds. The van der Waals surface area contributed by atoms with Gasteiger partial charge in [0, 0.05) is 17.4 Å². The number of aromatic amines is 1. The van der Waals surface area contributed by atoms with Gasteiger partial charge in [0.2, 0.25) is 5.78 Å². The molecule has 26 heavy (non-hydrogen) atoms. The second kappa shape index (κ2) is 7.11. The van der Waals surface area contributed by atoms with Gasteiger partial charge in [0.1, 0.15) is 13.2 Å². The Kier molecular flexibility index (Phi) is 4.88. The van der Waals surface area contributed by atoms with Gasteiger partial charge < -0.3 is 24.5 Å². The summed E-state index contributed by atoms with van der Waals surface area (Å²) >= 11 is 0. The van der Waals surface area contributed by atoms with E-state index < -0.39 is 12.0 Å². The van der Waals surface area contributed by atoms with E-state index >= 15 is 0 Å². The minimum Gasteiger partial charge on any atom is -0.486 e. The SMILES string of the molecule is COC(=O)c1c(C)[nH]c(C(=O)C(C)Nc2ccc3c(c2)OCCO3)c1C. The molecule has 7 nitrogen and oxygen atoms in total. The summed E-state index contributed by atoms with van der Waals surface area (Å²) in [4.78, 5) is 27.7.